The van der Waals surface area contributed by atoms with Crippen LogP contribution in [0.3, 0.4) is 0 Å². The molecule has 1 unspecified atom stereocenters. The molecule has 0 N–H and O–H groups in total. The van der Waals surface area contributed by atoms with Gasteiger partial charge in [-0.05, 0) is 32.9 Å². The van der Waals surface area contributed by atoms with Gasteiger partial charge in [0.25, 0.3) is 5.69 Å². The van der Waals surface area contributed by atoms with Crippen molar-refractivity contribution in [3.63, 3.8) is 0 Å². The highest BCUT2D eigenvalue weighted by Crippen LogP contribution is 2.15. The molecular weight excluding hydrogens is 270 g/mol. The molecule has 0 aliphatic heterocycles. The number of hydrogen-bond donors (Lipinski definition) is 0. The van der Waals surface area contributed by atoms with E-state index < -0.39 is 27.3 Å². The molecule has 1 aromatic rings. The van der Waals surface area contributed by atoms with Gasteiger partial charge in [-0.25, -0.2) is 0 Å². The molecule has 0 spiro atoms. The predicted octanol–water partition coefficient (Wildman–Crippen LogP) is 2.04. The van der Waals surface area contributed by atoms with E-state index in [9.17, 15) is 19.1 Å². The van der Waals surface area contributed by atoms with Crippen LogP contribution in [0.25, 0.3) is 0 Å². The summed E-state index contributed by atoms with van der Waals surface area (Å²) in [7, 11) is -1.57. The molecule has 0 amide bonds. The first kappa shape index (κ1) is 15.3. The Balaban J connectivity index is 2.68. The van der Waals surface area contributed by atoms with E-state index in [0.29, 0.717) is 4.90 Å². The van der Waals surface area contributed by atoms with E-state index in [4.69, 9.17) is 4.74 Å². The predicted molar refractivity (Wildman–Crippen MR) is 70.2 cm³/mol. The fourth-order valence-electron chi connectivity index (χ4n) is 1.28. The van der Waals surface area contributed by atoms with Crippen molar-refractivity contribution in [1.29, 1.82) is 0 Å². The van der Waals surface area contributed by atoms with Crippen LogP contribution in [0.2, 0.25) is 0 Å². The highest BCUT2D eigenvalue weighted by atomic mass is 32.2. The molecule has 104 valence electrons. The molecule has 0 fully saturated rings. The number of esters is 1. The molecule has 0 heterocycles. The molecule has 7 heteroatoms. The van der Waals surface area contributed by atoms with Crippen LogP contribution in [0, 0.1) is 10.1 Å². The SMILES string of the molecule is CC(C)(C)OC(=O)CS(=O)c1ccc([N+](=O)[O-])cc1. The molecule has 1 rings (SSSR count). The van der Waals surface area contributed by atoms with E-state index in [1.807, 2.05) is 0 Å². The average Bonchev–Trinajstić information content (AvgIpc) is 2.26. The number of carbonyl (C=O) groups is 1. The summed E-state index contributed by atoms with van der Waals surface area (Å²) in [5.41, 5.74) is -0.713. The summed E-state index contributed by atoms with van der Waals surface area (Å²) in [4.78, 5) is 21.8. The van der Waals surface area contributed by atoms with Gasteiger partial charge >= 0.3 is 5.97 Å². The van der Waals surface area contributed by atoms with Crippen LogP contribution in [-0.4, -0.2) is 26.5 Å². The Kier molecular flexibility index (Phi) is 4.77. The van der Waals surface area contributed by atoms with E-state index >= 15 is 0 Å². The van der Waals surface area contributed by atoms with Crippen LogP contribution in [0.5, 0.6) is 0 Å². The van der Waals surface area contributed by atoms with Gasteiger partial charge < -0.3 is 4.74 Å². The monoisotopic (exact) mass is 285 g/mol. The van der Waals surface area contributed by atoms with Crippen molar-refractivity contribution >= 4 is 22.5 Å². The Bertz CT molecular complexity index is 504. The minimum atomic E-state index is -1.57. The summed E-state index contributed by atoms with van der Waals surface area (Å²) < 4.78 is 16.9. The van der Waals surface area contributed by atoms with Crippen LogP contribution < -0.4 is 0 Å². The zero-order valence-corrected chi connectivity index (χ0v) is 11.7. The second kappa shape index (κ2) is 5.92. The maximum absolute atomic E-state index is 11.9. The molecule has 0 bridgehead atoms. The van der Waals surface area contributed by atoms with Crippen LogP contribution >= 0.6 is 0 Å². The van der Waals surface area contributed by atoms with Gasteiger partial charge in [-0.2, -0.15) is 0 Å². The fraction of sp³-hybridized carbons (Fsp3) is 0.417. The minimum absolute atomic E-state index is 0.0852. The lowest BCUT2D eigenvalue weighted by Gasteiger charge is -2.19. The second-order valence-electron chi connectivity index (χ2n) is 4.83. The summed E-state index contributed by atoms with van der Waals surface area (Å²) in [6.45, 7) is 5.17. The molecule has 0 radical (unpaired) electrons. The number of nitrogens with zero attached hydrogens (tertiary/aromatic N) is 1. The van der Waals surface area contributed by atoms with Crippen LogP contribution in [0.4, 0.5) is 5.69 Å². The van der Waals surface area contributed by atoms with E-state index in [2.05, 4.69) is 0 Å². The third-order valence-corrected chi connectivity index (χ3v) is 3.28. The van der Waals surface area contributed by atoms with Crippen molar-refractivity contribution in [3.8, 4) is 0 Å². The molecule has 0 aromatic heterocycles. The van der Waals surface area contributed by atoms with Crippen LogP contribution in [0.1, 0.15) is 20.8 Å². The Morgan fingerprint density at radius 1 is 1.32 bits per heavy atom. The van der Waals surface area contributed by atoms with Gasteiger partial charge in [-0.3, -0.25) is 19.1 Å². The highest BCUT2D eigenvalue weighted by Gasteiger charge is 2.19. The number of hydrogen-bond acceptors (Lipinski definition) is 5. The number of carbonyl (C=O) groups excluding carboxylic acids is 1. The summed E-state index contributed by atoms with van der Waals surface area (Å²) >= 11 is 0. The first-order valence-corrected chi connectivity index (χ1v) is 6.85. The van der Waals surface area contributed by atoms with Crippen molar-refractivity contribution < 1.29 is 18.7 Å². The van der Waals surface area contributed by atoms with E-state index in [0.717, 1.165) is 0 Å². The zero-order chi connectivity index (χ0) is 14.6. The molecule has 0 aliphatic rings. The van der Waals surface area contributed by atoms with Crippen molar-refractivity contribution in [1.82, 2.24) is 0 Å². The number of non-ortho nitro benzene ring substituents is 1. The van der Waals surface area contributed by atoms with Gasteiger partial charge in [0, 0.05) is 17.0 Å². The lowest BCUT2D eigenvalue weighted by molar-refractivity contribution is -0.384. The first-order valence-electron chi connectivity index (χ1n) is 5.54. The zero-order valence-electron chi connectivity index (χ0n) is 10.9. The quantitative estimate of drug-likeness (QED) is 0.480. The summed E-state index contributed by atoms with van der Waals surface area (Å²) in [6.07, 6.45) is 0. The van der Waals surface area contributed by atoms with Crippen molar-refractivity contribution in [2.45, 2.75) is 31.3 Å². The van der Waals surface area contributed by atoms with Gasteiger partial charge in [0.2, 0.25) is 0 Å². The summed E-state index contributed by atoms with van der Waals surface area (Å²) in [5.74, 6) is -0.834. The van der Waals surface area contributed by atoms with Crippen LogP contribution in [0.15, 0.2) is 29.2 Å². The third-order valence-electron chi connectivity index (χ3n) is 1.98. The van der Waals surface area contributed by atoms with Gasteiger partial charge in [0.05, 0.1) is 15.7 Å². The van der Waals surface area contributed by atoms with E-state index in [1.54, 1.807) is 20.8 Å². The molecule has 6 nitrogen and oxygen atoms in total. The normalized spacial score (nSPS) is 12.8. The molecule has 0 saturated heterocycles. The number of nitro benzene ring substituents is 1. The van der Waals surface area contributed by atoms with Crippen molar-refractivity contribution in [2.24, 2.45) is 0 Å². The van der Waals surface area contributed by atoms with Gasteiger partial charge in [0.15, 0.2) is 0 Å². The minimum Gasteiger partial charge on any atom is -0.459 e. The summed E-state index contributed by atoms with van der Waals surface area (Å²) in [6, 6.07) is 5.25. The maximum atomic E-state index is 11.9. The average molecular weight is 285 g/mol. The number of ether oxygens (including phenoxy) is 1. The van der Waals surface area contributed by atoms with E-state index in [-0.39, 0.29) is 11.4 Å². The van der Waals surface area contributed by atoms with Crippen molar-refractivity contribution in [3.05, 3.63) is 34.4 Å². The second-order valence-corrected chi connectivity index (χ2v) is 6.28. The fourth-order valence-corrected chi connectivity index (χ4v) is 2.16. The Morgan fingerprint density at radius 3 is 2.26 bits per heavy atom. The number of rotatable bonds is 4. The Morgan fingerprint density at radius 2 is 1.84 bits per heavy atom. The number of benzene rings is 1. The highest BCUT2D eigenvalue weighted by molar-refractivity contribution is 7.85. The van der Waals surface area contributed by atoms with Gasteiger partial charge in [-0.15, -0.1) is 0 Å². The Labute approximate surface area is 113 Å². The lowest BCUT2D eigenvalue weighted by atomic mass is 10.2. The van der Waals surface area contributed by atoms with Crippen molar-refractivity contribution in [2.75, 3.05) is 5.75 Å². The standard InChI is InChI=1S/C12H15NO5S/c1-12(2,3)18-11(14)8-19(17)10-6-4-9(5-7-10)13(15)16/h4-7H,8H2,1-3H3. The van der Waals surface area contributed by atoms with Gasteiger partial charge in [-0.1, -0.05) is 0 Å². The molecule has 1 aromatic carbocycles. The Hall–Kier alpha value is -1.76. The van der Waals surface area contributed by atoms with Gasteiger partial charge in [0.1, 0.15) is 11.4 Å². The smallest absolute Gasteiger partial charge is 0.319 e. The largest absolute Gasteiger partial charge is 0.459 e. The molecule has 0 aliphatic carbocycles. The topological polar surface area (TPSA) is 86.5 Å². The van der Waals surface area contributed by atoms with E-state index in [1.165, 1.54) is 24.3 Å². The first-order chi connectivity index (χ1) is 8.69. The molecule has 1 atom stereocenters. The lowest BCUT2D eigenvalue weighted by Crippen LogP contribution is -2.27. The molecular formula is C12H15NO5S. The third kappa shape index (κ3) is 5.17. The maximum Gasteiger partial charge on any atom is 0.319 e. The van der Waals surface area contributed by atoms with Crippen LogP contribution in [-0.2, 0) is 20.3 Å². The molecule has 0 saturated carbocycles. The number of nitro groups is 1. The molecule has 19 heavy (non-hydrogen) atoms. The summed E-state index contributed by atoms with van der Waals surface area (Å²) in [5, 5.41) is 10.5.